The van der Waals surface area contributed by atoms with Crippen LogP contribution < -0.4 is 9.47 Å². The zero-order valence-electron chi connectivity index (χ0n) is 12.6. The largest absolute Gasteiger partial charge is 0.477 e. The van der Waals surface area contributed by atoms with Gasteiger partial charge in [-0.05, 0) is 18.6 Å². The number of halogens is 1. The zero-order valence-corrected chi connectivity index (χ0v) is 13.3. The SMILES string of the molecule is COc1nc2cc(Cl)c(C)c(-c3nncn3C)c2nc1OC. The van der Waals surface area contributed by atoms with Crippen molar-refractivity contribution in [3.8, 4) is 23.1 Å². The minimum Gasteiger partial charge on any atom is -0.477 e. The maximum absolute atomic E-state index is 6.33. The molecule has 2 aromatic heterocycles. The van der Waals surface area contributed by atoms with Gasteiger partial charge in [0, 0.05) is 12.1 Å². The number of nitrogens with zero attached hydrogens (tertiary/aromatic N) is 5. The summed E-state index contributed by atoms with van der Waals surface area (Å²) in [5.74, 6) is 1.27. The van der Waals surface area contributed by atoms with E-state index in [1.807, 2.05) is 14.0 Å². The van der Waals surface area contributed by atoms with Crippen LogP contribution in [0.25, 0.3) is 22.4 Å². The van der Waals surface area contributed by atoms with E-state index in [9.17, 15) is 0 Å². The van der Waals surface area contributed by atoms with E-state index < -0.39 is 0 Å². The van der Waals surface area contributed by atoms with Crippen LogP contribution in [0.5, 0.6) is 11.8 Å². The number of benzene rings is 1. The quantitative estimate of drug-likeness (QED) is 0.738. The lowest BCUT2D eigenvalue weighted by Crippen LogP contribution is -2.02. The van der Waals surface area contributed by atoms with Gasteiger partial charge in [0.25, 0.3) is 11.8 Å². The van der Waals surface area contributed by atoms with Crippen molar-refractivity contribution in [1.82, 2.24) is 24.7 Å². The number of hydrogen-bond acceptors (Lipinski definition) is 6. The van der Waals surface area contributed by atoms with Gasteiger partial charge in [0.1, 0.15) is 11.8 Å². The summed E-state index contributed by atoms with van der Waals surface area (Å²) < 4.78 is 12.2. The molecule has 0 unspecified atom stereocenters. The van der Waals surface area contributed by atoms with Crippen LogP contribution in [0.1, 0.15) is 5.56 Å². The van der Waals surface area contributed by atoms with Gasteiger partial charge in [0.2, 0.25) is 0 Å². The second-order valence-electron chi connectivity index (χ2n) is 4.73. The molecule has 0 aliphatic heterocycles. The molecule has 1 aromatic carbocycles. The van der Waals surface area contributed by atoms with Crippen LogP contribution in [-0.4, -0.2) is 39.0 Å². The first kappa shape index (κ1) is 14.5. The Bertz CT molecular complexity index is 862. The van der Waals surface area contributed by atoms with Gasteiger partial charge in [-0.1, -0.05) is 11.6 Å². The molecule has 22 heavy (non-hydrogen) atoms. The number of rotatable bonds is 3. The average Bonchev–Trinajstić information content (AvgIpc) is 2.93. The van der Waals surface area contributed by atoms with Crippen LogP contribution in [0.4, 0.5) is 0 Å². The van der Waals surface area contributed by atoms with E-state index in [2.05, 4.69) is 20.2 Å². The van der Waals surface area contributed by atoms with E-state index in [1.165, 1.54) is 14.2 Å². The molecular formula is C14H14ClN5O2. The molecule has 0 radical (unpaired) electrons. The van der Waals surface area contributed by atoms with Crippen molar-refractivity contribution in [3.63, 3.8) is 0 Å². The van der Waals surface area contributed by atoms with Crippen molar-refractivity contribution in [2.45, 2.75) is 6.92 Å². The number of ether oxygens (including phenoxy) is 2. The van der Waals surface area contributed by atoms with Gasteiger partial charge in [0.05, 0.1) is 25.3 Å². The van der Waals surface area contributed by atoms with E-state index >= 15 is 0 Å². The predicted molar refractivity (Wildman–Crippen MR) is 82.4 cm³/mol. The topological polar surface area (TPSA) is 75.0 Å². The summed E-state index contributed by atoms with van der Waals surface area (Å²) in [5, 5.41) is 8.64. The minimum absolute atomic E-state index is 0.304. The van der Waals surface area contributed by atoms with Crippen LogP contribution in [-0.2, 0) is 7.05 Å². The van der Waals surface area contributed by atoms with Gasteiger partial charge in [-0.2, -0.15) is 0 Å². The molecule has 0 aliphatic carbocycles. The summed E-state index contributed by atoms with van der Waals surface area (Å²) in [7, 11) is 4.89. The Morgan fingerprint density at radius 1 is 1.14 bits per heavy atom. The monoisotopic (exact) mass is 319 g/mol. The molecule has 114 valence electrons. The second kappa shape index (κ2) is 5.42. The summed E-state index contributed by atoms with van der Waals surface area (Å²) in [4.78, 5) is 8.93. The number of fused-ring (bicyclic) bond motifs is 1. The van der Waals surface area contributed by atoms with Crippen LogP contribution in [0, 0.1) is 6.92 Å². The Morgan fingerprint density at radius 2 is 1.82 bits per heavy atom. The molecule has 0 saturated carbocycles. The number of methoxy groups -OCH3 is 2. The second-order valence-corrected chi connectivity index (χ2v) is 5.14. The third-order valence-electron chi connectivity index (χ3n) is 3.42. The molecule has 8 heteroatoms. The molecule has 0 fully saturated rings. The zero-order chi connectivity index (χ0) is 15.9. The summed E-state index contributed by atoms with van der Waals surface area (Å²) >= 11 is 6.33. The number of aromatic nitrogens is 5. The van der Waals surface area contributed by atoms with Crippen molar-refractivity contribution in [3.05, 3.63) is 23.0 Å². The summed E-state index contributed by atoms with van der Waals surface area (Å²) in [5.41, 5.74) is 2.87. The van der Waals surface area contributed by atoms with E-state index in [4.69, 9.17) is 21.1 Å². The minimum atomic E-state index is 0.304. The van der Waals surface area contributed by atoms with Gasteiger partial charge in [-0.25, -0.2) is 9.97 Å². The summed E-state index contributed by atoms with van der Waals surface area (Å²) in [6, 6.07) is 1.75. The van der Waals surface area contributed by atoms with Crippen molar-refractivity contribution < 1.29 is 9.47 Å². The van der Waals surface area contributed by atoms with Gasteiger partial charge >= 0.3 is 0 Å². The molecule has 0 atom stereocenters. The van der Waals surface area contributed by atoms with Crippen molar-refractivity contribution >= 4 is 22.6 Å². The predicted octanol–water partition coefficient (Wildman–Crippen LogP) is 2.40. The smallest absolute Gasteiger partial charge is 0.278 e. The van der Waals surface area contributed by atoms with Gasteiger partial charge < -0.3 is 14.0 Å². The van der Waals surface area contributed by atoms with E-state index in [0.29, 0.717) is 33.6 Å². The van der Waals surface area contributed by atoms with Gasteiger partial charge in [0.15, 0.2) is 5.82 Å². The molecule has 3 aromatic rings. The Morgan fingerprint density at radius 3 is 2.41 bits per heavy atom. The molecule has 0 N–H and O–H groups in total. The molecule has 0 bridgehead atoms. The highest BCUT2D eigenvalue weighted by molar-refractivity contribution is 6.32. The van der Waals surface area contributed by atoms with Crippen LogP contribution >= 0.6 is 11.6 Å². The molecule has 0 spiro atoms. The fourth-order valence-corrected chi connectivity index (χ4v) is 2.47. The lowest BCUT2D eigenvalue weighted by molar-refractivity contribution is 0.334. The molecule has 0 saturated heterocycles. The lowest BCUT2D eigenvalue weighted by Gasteiger charge is -2.13. The molecule has 2 heterocycles. The highest BCUT2D eigenvalue weighted by Gasteiger charge is 2.20. The normalized spacial score (nSPS) is 11.0. The van der Waals surface area contributed by atoms with Crippen molar-refractivity contribution in [2.24, 2.45) is 7.05 Å². The lowest BCUT2D eigenvalue weighted by atomic mass is 10.1. The van der Waals surface area contributed by atoms with Crippen molar-refractivity contribution in [2.75, 3.05) is 14.2 Å². The van der Waals surface area contributed by atoms with E-state index in [0.717, 1.165) is 11.1 Å². The molecular weight excluding hydrogens is 306 g/mol. The van der Waals surface area contributed by atoms with Gasteiger partial charge in [-0.3, -0.25) is 0 Å². The number of aryl methyl sites for hydroxylation is 1. The summed E-state index contributed by atoms with van der Waals surface area (Å²) in [6.45, 7) is 1.91. The van der Waals surface area contributed by atoms with Crippen LogP contribution in [0.3, 0.4) is 0 Å². The van der Waals surface area contributed by atoms with Crippen molar-refractivity contribution in [1.29, 1.82) is 0 Å². The highest BCUT2D eigenvalue weighted by atomic mass is 35.5. The highest BCUT2D eigenvalue weighted by Crippen LogP contribution is 2.36. The first-order valence-corrected chi connectivity index (χ1v) is 6.87. The first-order valence-electron chi connectivity index (χ1n) is 6.50. The fourth-order valence-electron chi connectivity index (χ4n) is 2.28. The Kier molecular flexibility index (Phi) is 3.58. The van der Waals surface area contributed by atoms with Gasteiger partial charge in [-0.15, -0.1) is 10.2 Å². The Balaban J connectivity index is 2.44. The molecule has 0 amide bonds. The molecule has 7 nitrogen and oxygen atoms in total. The molecule has 3 rings (SSSR count). The average molecular weight is 320 g/mol. The van der Waals surface area contributed by atoms with E-state index in [-0.39, 0.29) is 0 Å². The maximum Gasteiger partial charge on any atom is 0.278 e. The fraction of sp³-hybridized carbons (Fsp3) is 0.286. The third-order valence-corrected chi connectivity index (χ3v) is 3.81. The Labute approximate surface area is 131 Å². The van der Waals surface area contributed by atoms with Crippen LogP contribution in [0.15, 0.2) is 12.4 Å². The van der Waals surface area contributed by atoms with Crippen LogP contribution in [0.2, 0.25) is 5.02 Å². The third kappa shape index (κ3) is 2.14. The standard InChI is InChI=1S/C14H14ClN5O2/c1-7-8(15)5-9-11(10(7)12-19-16-6-20(12)2)18-14(22-4)13(17-9)21-3/h5-6H,1-4H3. The Hall–Kier alpha value is -2.41. The number of hydrogen-bond donors (Lipinski definition) is 0. The summed E-state index contributed by atoms with van der Waals surface area (Å²) in [6.07, 6.45) is 1.62. The first-order chi connectivity index (χ1) is 10.6. The molecule has 0 aliphatic rings. The maximum atomic E-state index is 6.33. The van der Waals surface area contributed by atoms with E-state index in [1.54, 1.807) is 17.0 Å².